The minimum Gasteiger partial charge on any atom is -0.497 e. The van der Waals surface area contributed by atoms with Gasteiger partial charge in [-0.05, 0) is 62.9 Å². The smallest absolute Gasteiger partial charge is 0.237 e. The minimum absolute atomic E-state index is 0.0845. The fourth-order valence-corrected chi connectivity index (χ4v) is 3.99. The highest BCUT2D eigenvalue weighted by Crippen LogP contribution is 2.39. The molecule has 2 fully saturated rings. The summed E-state index contributed by atoms with van der Waals surface area (Å²) in [7, 11) is 3.35. The van der Waals surface area contributed by atoms with Crippen molar-refractivity contribution >= 4 is 5.91 Å². The number of hydrogen-bond acceptors (Lipinski definition) is 4. The standard InChI is InChI=1S/C20H30N2O3/c1-15-8-11-21(12-9-15)14-20(23)22-10-4-5-18(22)17-13-16(24-2)6-7-19(17)25-3/h6-7,13,15,18H,4-5,8-12,14H2,1-3H3. The number of carbonyl (C=O) groups excluding carboxylic acids is 1. The lowest BCUT2D eigenvalue weighted by Crippen LogP contribution is -2.43. The number of piperidine rings is 1. The molecule has 5 nitrogen and oxygen atoms in total. The first-order valence-electron chi connectivity index (χ1n) is 9.36. The number of nitrogens with zero attached hydrogens (tertiary/aromatic N) is 2. The molecule has 1 unspecified atom stereocenters. The van der Waals surface area contributed by atoms with Gasteiger partial charge in [-0.2, -0.15) is 0 Å². The highest BCUT2D eigenvalue weighted by Gasteiger charge is 2.33. The normalized spacial score (nSPS) is 22.2. The molecule has 3 rings (SSSR count). The molecule has 2 aliphatic heterocycles. The lowest BCUT2D eigenvalue weighted by Gasteiger charge is -2.33. The maximum atomic E-state index is 12.9. The summed E-state index contributed by atoms with van der Waals surface area (Å²) < 4.78 is 10.9. The van der Waals surface area contributed by atoms with Crippen LogP contribution in [0.5, 0.6) is 11.5 Å². The first kappa shape index (κ1) is 18.1. The van der Waals surface area contributed by atoms with Gasteiger partial charge in [0, 0.05) is 12.1 Å². The van der Waals surface area contributed by atoms with Crippen LogP contribution in [0.4, 0.5) is 0 Å². The zero-order chi connectivity index (χ0) is 17.8. The molecule has 0 aliphatic carbocycles. The van der Waals surface area contributed by atoms with E-state index in [1.165, 1.54) is 12.8 Å². The van der Waals surface area contributed by atoms with Gasteiger partial charge in [0.05, 0.1) is 26.8 Å². The molecule has 2 saturated heterocycles. The van der Waals surface area contributed by atoms with E-state index in [1.807, 2.05) is 23.1 Å². The van der Waals surface area contributed by atoms with Crippen LogP contribution in [-0.2, 0) is 4.79 Å². The van der Waals surface area contributed by atoms with Gasteiger partial charge in [-0.1, -0.05) is 6.92 Å². The quantitative estimate of drug-likeness (QED) is 0.822. The van der Waals surface area contributed by atoms with E-state index in [1.54, 1.807) is 14.2 Å². The van der Waals surface area contributed by atoms with E-state index in [4.69, 9.17) is 9.47 Å². The van der Waals surface area contributed by atoms with Crippen molar-refractivity contribution in [2.24, 2.45) is 5.92 Å². The second kappa shape index (κ2) is 8.09. The lowest BCUT2D eigenvalue weighted by molar-refractivity contribution is -0.133. The molecule has 0 radical (unpaired) electrons. The first-order chi connectivity index (χ1) is 12.1. The van der Waals surface area contributed by atoms with E-state index < -0.39 is 0 Å². The topological polar surface area (TPSA) is 42.0 Å². The summed E-state index contributed by atoms with van der Waals surface area (Å²) in [5.41, 5.74) is 1.06. The zero-order valence-electron chi connectivity index (χ0n) is 15.7. The average Bonchev–Trinajstić information content (AvgIpc) is 3.12. The summed E-state index contributed by atoms with van der Waals surface area (Å²) in [4.78, 5) is 17.3. The van der Waals surface area contributed by atoms with Crippen molar-refractivity contribution in [3.63, 3.8) is 0 Å². The third-order valence-electron chi connectivity index (χ3n) is 5.60. The molecule has 2 heterocycles. The van der Waals surface area contributed by atoms with Crippen LogP contribution in [0.15, 0.2) is 18.2 Å². The van der Waals surface area contributed by atoms with Gasteiger partial charge in [0.15, 0.2) is 0 Å². The van der Waals surface area contributed by atoms with Crippen LogP contribution in [0.3, 0.4) is 0 Å². The molecular weight excluding hydrogens is 316 g/mol. The van der Waals surface area contributed by atoms with Crippen LogP contribution >= 0.6 is 0 Å². The fourth-order valence-electron chi connectivity index (χ4n) is 3.99. The predicted molar refractivity (Wildman–Crippen MR) is 98.1 cm³/mol. The molecule has 0 bridgehead atoms. The van der Waals surface area contributed by atoms with Crippen LogP contribution in [0, 0.1) is 5.92 Å². The van der Waals surface area contributed by atoms with Gasteiger partial charge in [-0.15, -0.1) is 0 Å². The Hall–Kier alpha value is -1.75. The van der Waals surface area contributed by atoms with Gasteiger partial charge in [-0.25, -0.2) is 0 Å². The number of rotatable bonds is 5. The second-order valence-electron chi connectivity index (χ2n) is 7.31. The van der Waals surface area contributed by atoms with E-state index in [-0.39, 0.29) is 11.9 Å². The van der Waals surface area contributed by atoms with Crippen LogP contribution < -0.4 is 9.47 Å². The predicted octanol–water partition coefficient (Wildman–Crippen LogP) is 3.10. The Labute approximate surface area is 150 Å². The van der Waals surface area contributed by atoms with E-state index in [0.29, 0.717) is 6.54 Å². The monoisotopic (exact) mass is 346 g/mol. The summed E-state index contributed by atoms with van der Waals surface area (Å²) in [5.74, 6) is 2.66. The third-order valence-corrected chi connectivity index (χ3v) is 5.60. The highest BCUT2D eigenvalue weighted by atomic mass is 16.5. The van der Waals surface area contributed by atoms with Crippen molar-refractivity contribution in [2.75, 3.05) is 40.4 Å². The molecule has 0 spiro atoms. The van der Waals surface area contributed by atoms with E-state index >= 15 is 0 Å². The number of likely N-dealkylation sites (tertiary alicyclic amines) is 2. The Morgan fingerprint density at radius 1 is 1.12 bits per heavy atom. The average molecular weight is 346 g/mol. The van der Waals surface area contributed by atoms with E-state index in [9.17, 15) is 4.79 Å². The largest absolute Gasteiger partial charge is 0.497 e. The van der Waals surface area contributed by atoms with Gasteiger partial charge in [0.2, 0.25) is 5.91 Å². The van der Waals surface area contributed by atoms with E-state index in [2.05, 4.69) is 11.8 Å². The van der Waals surface area contributed by atoms with Gasteiger partial charge in [-0.3, -0.25) is 9.69 Å². The molecule has 0 N–H and O–H groups in total. The van der Waals surface area contributed by atoms with Crippen molar-refractivity contribution < 1.29 is 14.3 Å². The Morgan fingerprint density at radius 3 is 2.56 bits per heavy atom. The van der Waals surface area contributed by atoms with Gasteiger partial charge < -0.3 is 14.4 Å². The zero-order valence-corrected chi connectivity index (χ0v) is 15.7. The second-order valence-corrected chi connectivity index (χ2v) is 7.31. The molecule has 1 atom stereocenters. The third kappa shape index (κ3) is 4.09. The molecule has 5 heteroatoms. The summed E-state index contributed by atoms with van der Waals surface area (Å²) >= 11 is 0. The van der Waals surface area contributed by atoms with Crippen molar-refractivity contribution in [1.29, 1.82) is 0 Å². The Bertz CT molecular complexity index is 597. The Balaban J connectivity index is 1.73. The van der Waals surface area contributed by atoms with E-state index in [0.717, 1.165) is 55.5 Å². The van der Waals surface area contributed by atoms with Crippen molar-refractivity contribution in [1.82, 2.24) is 9.80 Å². The number of methoxy groups -OCH3 is 2. The van der Waals surface area contributed by atoms with Crippen molar-refractivity contribution in [3.8, 4) is 11.5 Å². The summed E-state index contributed by atoms with van der Waals surface area (Å²) in [6.45, 7) is 5.73. The van der Waals surface area contributed by atoms with Crippen LogP contribution in [-0.4, -0.2) is 56.1 Å². The number of amides is 1. The van der Waals surface area contributed by atoms with Crippen molar-refractivity contribution in [3.05, 3.63) is 23.8 Å². The fraction of sp³-hybridized carbons (Fsp3) is 0.650. The summed E-state index contributed by atoms with van der Waals surface area (Å²) in [6.07, 6.45) is 4.40. The van der Waals surface area contributed by atoms with Gasteiger partial charge in [0.1, 0.15) is 11.5 Å². The minimum atomic E-state index is 0.0845. The van der Waals surface area contributed by atoms with Crippen LogP contribution in [0.2, 0.25) is 0 Å². The number of ether oxygens (including phenoxy) is 2. The van der Waals surface area contributed by atoms with Crippen LogP contribution in [0.1, 0.15) is 44.2 Å². The molecule has 138 valence electrons. The molecule has 0 aromatic heterocycles. The molecule has 0 saturated carbocycles. The SMILES string of the molecule is COc1ccc(OC)c(C2CCCN2C(=O)CN2CCC(C)CC2)c1. The molecule has 25 heavy (non-hydrogen) atoms. The number of hydrogen-bond donors (Lipinski definition) is 0. The van der Waals surface area contributed by atoms with Crippen molar-refractivity contribution in [2.45, 2.75) is 38.6 Å². The Kier molecular flexibility index (Phi) is 5.84. The number of benzene rings is 1. The van der Waals surface area contributed by atoms with Gasteiger partial charge >= 0.3 is 0 Å². The maximum Gasteiger partial charge on any atom is 0.237 e. The van der Waals surface area contributed by atoms with Crippen LogP contribution in [0.25, 0.3) is 0 Å². The summed E-state index contributed by atoms with van der Waals surface area (Å²) in [5, 5.41) is 0. The summed E-state index contributed by atoms with van der Waals surface area (Å²) in [6, 6.07) is 5.93. The highest BCUT2D eigenvalue weighted by molar-refractivity contribution is 5.79. The maximum absolute atomic E-state index is 12.9. The molecule has 1 aromatic rings. The molecular formula is C20H30N2O3. The number of carbonyl (C=O) groups is 1. The Morgan fingerprint density at radius 2 is 1.88 bits per heavy atom. The lowest BCUT2D eigenvalue weighted by atomic mass is 9.99. The molecule has 2 aliphatic rings. The van der Waals surface area contributed by atoms with Gasteiger partial charge in [0.25, 0.3) is 0 Å². The molecule has 1 aromatic carbocycles. The molecule has 1 amide bonds. The first-order valence-corrected chi connectivity index (χ1v) is 9.36.